The number of nitrogens with zero attached hydrogens (tertiary/aromatic N) is 1. The molecule has 142 valence electrons. The Labute approximate surface area is 160 Å². The number of benzene rings is 2. The van der Waals surface area contributed by atoms with Gasteiger partial charge in [0.1, 0.15) is 0 Å². The van der Waals surface area contributed by atoms with E-state index in [4.69, 9.17) is 0 Å². The van der Waals surface area contributed by atoms with Gasteiger partial charge < -0.3 is 10.6 Å². The smallest absolute Gasteiger partial charge is 0.255 e. The van der Waals surface area contributed by atoms with Crippen molar-refractivity contribution >= 4 is 23.2 Å². The van der Waals surface area contributed by atoms with Crippen molar-refractivity contribution < 1.29 is 9.59 Å². The van der Waals surface area contributed by atoms with E-state index in [1.165, 1.54) is 0 Å². The molecule has 0 unspecified atom stereocenters. The van der Waals surface area contributed by atoms with Crippen molar-refractivity contribution in [1.82, 2.24) is 4.90 Å². The summed E-state index contributed by atoms with van der Waals surface area (Å²) in [5, 5.41) is 5.80. The number of carbonyl (C=O) groups excluding carboxylic acids is 2. The van der Waals surface area contributed by atoms with Crippen molar-refractivity contribution in [3.63, 3.8) is 0 Å². The number of hydrogen-bond acceptors (Lipinski definition) is 3. The van der Waals surface area contributed by atoms with E-state index in [2.05, 4.69) is 22.5 Å². The Morgan fingerprint density at radius 2 is 1.63 bits per heavy atom. The van der Waals surface area contributed by atoms with E-state index in [9.17, 15) is 9.59 Å². The summed E-state index contributed by atoms with van der Waals surface area (Å²) in [5.74, 6) is 0.614. The molecule has 5 nitrogen and oxygen atoms in total. The molecule has 0 bridgehead atoms. The highest BCUT2D eigenvalue weighted by Crippen LogP contribution is 2.17. The first-order valence-electron chi connectivity index (χ1n) is 9.50. The zero-order valence-electron chi connectivity index (χ0n) is 16.0. The van der Waals surface area contributed by atoms with Crippen molar-refractivity contribution in [2.24, 2.45) is 5.92 Å². The SMILES string of the molecule is Cc1cccc(C(=O)Nc2ccc(NC(=O)CN3CCC(C)CC3)cc2)c1. The second kappa shape index (κ2) is 8.82. The topological polar surface area (TPSA) is 61.4 Å². The van der Waals surface area contributed by atoms with Crippen LogP contribution in [-0.2, 0) is 4.79 Å². The predicted octanol–water partition coefficient (Wildman–Crippen LogP) is 3.92. The molecule has 27 heavy (non-hydrogen) atoms. The van der Waals surface area contributed by atoms with Crippen molar-refractivity contribution in [3.05, 3.63) is 59.7 Å². The number of rotatable bonds is 5. The summed E-state index contributed by atoms with van der Waals surface area (Å²) in [6.07, 6.45) is 2.31. The summed E-state index contributed by atoms with van der Waals surface area (Å²) in [5.41, 5.74) is 3.11. The lowest BCUT2D eigenvalue weighted by Crippen LogP contribution is -2.38. The number of amides is 2. The van der Waals surface area contributed by atoms with Crippen molar-refractivity contribution in [3.8, 4) is 0 Å². The van der Waals surface area contributed by atoms with Crippen LogP contribution in [0.4, 0.5) is 11.4 Å². The number of carbonyl (C=O) groups is 2. The van der Waals surface area contributed by atoms with Gasteiger partial charge in [-0.3, -0.25) is 14.5 Å². The fourth-order valence-corrected chi connectivity index (χ4v) is 3.25. The van der Waals surface area contributed by atoms with Gasteiger partial charge in [0.15, 0.2) is 0 Å². The van der Waals surface area contributed by atoms with Gasteiger partial charge in [-0.25, -0.2) is 0 Å². The van der Waals surface area contributed by atoms with E-state index >= 15 is 0 Å². The van der Waals surface area contributed by atoms with Gasteiger partial charge in [0.2, 0.25) is 5.91 Å². The maximum Gasteiger partial charge on any atom is 0.255 e. The fraction of sp³-hybridized carbons (Fsp3) is 0.364. The molecule has 0 spiro atoms. The first kappa shape index (κ1) is 19.1. The van der Waals surface area contributed by atoms with Crippen LogP contribution in [0.15, 0.2) is 48.5 Å². The Hall–Kier alpha value is -2.66. The highest BCUT2D eigenvalue weighted by molar-refractivity contribution is 6.04. The first-order chi connectivity index (χ1) is 13.0. The number of likely N-dealkylation sites (tertiary alicyclic amines) is 1. The van der Waals surface area contributed by atoms with Gasteiger partial charge >= 0.3 is 0 Å². The Kier molecular flexibility index (Phi) is 6.24. The van der Waals surface area contributed by atoms with Gasteiger partial charge in [0, 0.05) is 16.9 Å². The molecule has 1 heterocycles. The Bertz CT molecular complexity index is 793. The lowest BCUT2D eigenvalue weighted by Gasteiger charge is -2.29. The molecule has 2 amide bonds. The molecule has 1 aliphatic heterocycles. The van der Waals surface area contributed by atoms with Crippen molar-refractivity contribution in [2.45, 2.75) is 26.7 Å². The molecule has 1 saturated heterocycles. The van der Waals surface area contributed by atoms with Crippen LogP contribution in [-0.4, -0.2) is 36.3 Å². The van der Waals surface area contributed by atoms with Crippen molar-refractivity contribution in [1.29, 1.82) is 0 Å². The summed E-state index contributed by atoms with van der Waals surface area (Å²) in [6.45, 7) is 6.62. The van der Waals surface area contributed by atoms with E-state index in [0.717, 1.165) is 43.1 Å². The van der Waals surface area contributed by atoms with Gasteiger partial charge in [0.05, 0.1) is 6.54 Å². The minimum absolute atomic E-state index is 0.00102. The molecule has 2 aromatic carbocycles. The third-order valence-electron chi connectivity index (χ3n) is 4.95. The second-order valence-corrected chi connectivity index (χ2v) is 7.41. The maximum atomic E-state index is 12.3. The minimum Gasteiger partial charge on any atom is -0.325 e. The Morgan fingerprint density at radius 1 is 1.00 bits per heavy atom. The lowest BCUT2D eigenvalue weighted by molar-refractivity contribution is -0.117. The molecule has 0 atom stereocenters. The van der Waals surface area contributed by atoms with E-state index in [0.29, 0.717) is 17.8 Å². The van der Waals surface area contributed by atoms with Gasteiger partial charge in [0.25, 0.3) is 5.91 Å². The van der Waals surface area contributed by atoms with Crippen LogP contribution in [0.5, 0.6) is 0 Å². The minimum atomic E-state index is -0.144. The predicted molar refractivity (Wildman–Crippen MR) is 109 cm³/mol. The average molecular weight is 365 g/mol. The Balaban J connectivity index is 1.51. The number of aryl methyl sites for hydroxylation is 1. The zero-order chi connectivity index (χ0) is 19.2. The van der Waals surface area contributed by atoms with Crippen LogP contribution < -0.4 is 10.6 Å². The molecule has 0 saturated carbocycles. The van der Waals surface area contributed by atoms with E-state index in [-0.39, 0.29) is 11.8 Å². The standard InChI is InChI=1S/C22H27N3O2/c1-16-10-12-25(13-11-16)15-21(26)23-19-6-8-20(9-7-19)24-22(27)18-5-3-4-17(2)14-18/h3-9,14,16H,10-13,15H2,1-2H3,(H,23,26)(H,24,27). The van der Waals surface area contributed by atoms with Crippen LogP contribution in [0.1, 0.15) is 35.7 Å². The molecule has 1 fully saturated rings. The first-order valence-corrected chi connectivity index (χ1v) is 9.50. The summed E-state index contributed by atoms with van der Waals surface area (Å²) in [4.78, 5) is 26.7. The van der Waals surface area contributed by atoms with Crippen LogP contribution in [0.2, 0.25) is 0 Å². The molecular weight excluding hydrogens is 338 g/mol. The van der Waals surface area contributed by atoms with Crippen LogP contribution in [0, 0.1) is 12.8 Å². The lowest BCUT2D eigenvalue weighted by atomic mass is 9.99. The average Bonchev–Trinajstić information content (AvgIpc) is 2.65. The van der Waals surface area contributed by atoms with E-state index in [1.54, 1.807) is 18.2 Å². The van der Waals surface area contributed by atoms with Crippen LogP contribution in [0.3, 0.4) is 0 Å². The normalized spacial score (nSPS) is 15.3. The third kappa shape index (κ3) is 5.66. The highest BCUT2D eigenvalue weighted by Gasteiger charge is 2.17. The molecule has 5 heteroatoms. The molecule has 2 aromatic rings. The van der Waals surface area contributed by atoms with Gasteiger partial charge in [-0.05, 0) is 75.2 Å². The zero-order valence-corrected chi connectivity index (χ0v) is 16.0. The number of hydrogen-bond donors (Lipinski definition) is 2. The molecular formula is C22H27N3O2. The van der Waals surface area contributed by atoms with E-state index in [1.807, 2.05) is 37.3 Å². The maximum absolute atomic E-state index is 12.3. The summed E-state index contributed by atoms with van der Waals surface area (Å²) in [7, 11) is 0. The summed E-state index contributed by atoms with van der Waals surface area (Å²) in [6, 6.07) is 14.7. The number of nitrogens with one attached hydrogen (secondary N) is 2. The molecule has 0 aliphatic carbocycles. The molecule has 0 radical (unpaired) electrons. The Morgan fingerprint density at radius 3 is 2.26 bits per heavy atom. The molecule has 1 aliphatic rings. The second-order valence-electron chi connectivity index (χ2n) is 7.41. The summed E-state index contributed by atoms with van der Waals surface area (Å²) >= 11 is 0. The monoisotopic (exact) mass is 365 g/mol. The van der Waals surface area contributed by atoms with Gasteiger partial charge in [-0.2, -0.15) is 0 Å². The number of piperidine rings is 1. The van der Waals surface area contributed by atoms with Crippen LogP contribution in [0.25, 0.3) is 0 Å². The third-order valence-corrected chi connectivity index (χ3v) is 4.95. The van der Waals surface area contributed by atoms with E-state index < -0.39 is 0 Å². The van der Waals surface area contributed by atoms with Crippen LogP contribution >= 0.6 is 0 Å². The quantitative estimate of drug-likeness (QED) is 0.844. The summed E-state index contributed by atoms with van der Waals surface area (Å²) < 4.78 is 0. The van der Waals surface area contributed by atoms with Gasteiger partial charge in [-0.1, -0.05) is 24.6 Å². The molecule has 3 rings (SSSR count). The fourth-order valence-electron chi connectivity index (χ4n) is 3.25. The van der Waals surface area contributed by atoms with Gasteiger partial charge in [-0.15, -0.1) is 0 Å². The molecule has 0 aromatic heterocycles. The number of anilines is 2. The molecule has 2 N–H and O–H groups in total. The highest BCUT2D eigenvalue weighted by atomic mass is 16.2. The largest absolute Gasteiger partial charge is 0.325 e. The van der Waals surface area contributed by atoms with Crippen molar-refractivity contribution in [2.75, 3.05) is 30.3 Å².